The van der Waals surface area contributed by atoms with Crippen molar-refractivity contribution in [3.8, 4) is 0 Å². The van der Waals surface area contributed by atoms with E-state index in [1.807, 2.05) is 0 Å². The van der Waals surface area contributed by atoms with Gasteiger partial charge in [-0.15, -0.1) is 0 Å². The topological polar surface area (TPSA) is 29.3 Å². The summed E-state index contributed by atoms with van der Waals surface area (Å²) in [5, 5.41) is 0. The zero-order valence-corrected chi connectivity index (χ0v) is 11.3. The smallest absolute Gasteiger partial charge is 0.0101 e. The third kappa shape index (κ3) is 2.53. The zero-order chi connectivity index (χ0) is 11.8. The van der Waals surface area contributed by atoms with Gasteiger partial charge in [-0.1, -0.05) is 12.8 Å². The molecule has 17 heavy (non-hydrogen) atoms. The Morgan fingerprint density at radius 3 is 2.53 bits per heavy atom. The third-order valence-electron chi connectivity index (χ3n) is 5.49. The van der Waals surface area contributed by atoms with Crippen LogP contribution in [0.2, 0.25) is 0 Å². The van der Waals surface area contributed by atoms with Crippen molar-refractivity contribution in [2.45, 2.75) is 64.0 Å². The van der Waals surface area contributed by atoms with E-state index in [9.17, 15) is 0 Å². The predicted molar refractivity (Wildman–Crippen MR) is 71.8 cm³/mol. The summed E-state index contributed by atoms with van der Waals surface area (Å²) in [6, 6.07) is 1.67. The summed E-state index contributed by atoms with van der Waals surface area (Å²) in [7, 11) is 0. The lowest BCUT2D eigenvalue weighted by molar-refractivity contribution is 0.115. The Balaban J connectivity index is 1.59. The van der Waals surface area contributed by atoms with Crippen LogP contribution in [0.25, 0.3) is 0 Å². The van der Waals surface area contributed by atoms with Crippen molar-refractivity contribution in [2.75, 3.05) is 13.1 Å². The van der Waals surface area contributed by atoms with Gasteiger partial charge in [-0.3, -0.25) is 4.90 Å². The van der Waals surface area contributed by atoms with Crippen LogP contribution in [-0.4, -0.2) is 30.1 Å². The standard InChI is InChI=1S/C15H28N2/c1-11-7-12(9-16)10-17(11)15-4-2-3-14(8-15)13-5-6-13/h11-15H,2-10,16H2,1H3. The number of rotatable bonds is 3. The fraction of sp³-hybridized carbons (Fsp3) is 1.00. The summed E-state index contributed by atoms with van der Waals surface area (Å²) < 4.78 is 0. The molecule has 0 radical (unpaired) electrons. The molecule has 0 aromatic rings. The Morgan fingerprint density at radius 1 is 1.06 bits per heavy atom. The molecule has 2 saturated carbocycles. The van der Waals surface area contributed by atoms with Crippen molar-refractivity contribution < 1.29 is 0 Å². The van der Waals surface area contributed by atoms with Crippen LogP contribution in [0.3, 0.4) is 0 Å². The van der Waals surface area contributed by atoms with Crippen molar-refractivity contribution in [3.05, 3.63) is 0 Å². The van der Waals surface area contributed by atoms with E-state index in [1.165, 1.54) is 51.5 Å². The van der Waals surface area contributed by atoms with Gasteiger partial charge in [0.05, 0.1) is 0 Å². The highest BCUT2D eigenvalue weighted by Crippen LogP contribution is 2.45. The first-order valence-corrected chi connectivity index (χ1v) is 7.73. The van der Waals surface area contributed by atoms with Crippen LogP contribution in [0.4, 0.5) is 0 Å². The molecule has 0 amide bonds. The number of likely N-dealkylation sites (tertiary alicyclic amines) is 1. The van der Waals surface area contributed by atoms with Gasteiger partial charge in [0, 0.05) is 18.6 Å². The van der Waals surface area contributed by atoms with Gasteiger partial charge in [-0.2, -0.15) is 0 Å². The highest BCUT2D eigenvalue weighted by atomic mass is 15.2. The molecule has 2 aliphatic carbocycles. The lowest BCUT2D eigenvalue weighted by Crippen LogP contribution is -2.41. The van der Waals surface area contributed by atoms with Gasteiger partial charge in [-0.05, 0) is 63.3 Å². The molecule has 2 heteroatoms. The molecule has 0 aromatic carbocycles. The van der Waals surface area contributed by atoms with E-state index < -0.39 is 0 Å². The fourth-order valence-electron chi connectivity index (χ4n) is 4.35. The van der Waals surface area contributed by atoms with Crippen LogP contribution in [0, 0.1) is 17.8 Å². The largest absolute Gasteiger partial charge is 0.330 e. The molecule has 4 atom stereocenters. The molecule has 3 rings (SSSR count). The Hall–Kier alpha value is -0.0800. The average Bonchev–Trinajstić information content (AvgIpc) is 3.13. The Labute approximate surface area is 106 Å². The van der Waals surface area contributed by atoms with Crippen molar-refractivity contribution in [1.29, 1.82) is 0 Å². The van der Waals surface area contributed by atoms with Crippen molar-refractivity contribution in [3.63, 3.8) is 0 Å². The lowest BCUT2D eigenvalue weighted by atomic mass is 9.82. The summed E-state index contributed by atoms with van der Waals surface area (Å²) in [6.07, 6.45) is 10.3. The highest BCUT2D eigenvalue weighted by molar-refractivity contribution is 4.93. The lowest BCUT2D eigenvalue weighted by Gasteiger charge is -2.38. The van der Waals surface area contributed by atoms with E-state index in [-0.39, 0.29) is 0 Å². The first-order chi connectivity index (χ1) is 8.28. The Kier molecular flexibility index (Phi) is 3.45. The summed E-state index contributed by atoms with van der Waals surface area (Å²) in [6.45, 7) is 4.58. The second-order valence-electron chi connectivity index (χ2n) is 6.80. The quantitative estimate of drug-likeness (QED) is 0.816. The third-order valence-corrected chi connectivity index (χ3v) is 5.49. The molecule has 1 aliphatic heterocycles. The average molecular weight is 236 g/mol. The molecule has 98 valence electrons. The summed E-state index contributed by atoms with van der Waals surface area (Å²) in [5.74, 6) is 2.95. The van der Waals surface area contributed by atoms with Crippen LogP contribution >= 0.6 is 0 Å². The van der Waals surface area contributed by atoms with Crippen LogP contribution in [0.15, 0.2) is 0 Å². The molecule has 3 aliphatic rings. The number of hydrogen-bond donors (Lipinski definition) is 1. The molecule has 0 aromatic heterocycles. The number of nitrogens with two attached hydrogens (primary N) is 1. The number of nitrogens with zero attached hydrogens (tertiary/aromatic N) is 1. The molecule has 2 nitrogen and oxygen atoms in total. The molecule has 0 spiro atoms. The van der Waals surface area contributed by atoms with Crippen molar-refractivity contribution in [1.82, 2.24) is 4.90 Å². The van der Waals surface area contributed by atoms with Gasteiger partial charge in [0.25, 0.3) is 0 Å². The fourth-order valence-corrected chi connectivity index (χ4v) is 4.35. The van der Waals surface area contributed by atoms with Gasteiger partial charge in [-0.25, -0.2) is 0 Å². The van der Waals surface area contributed by atoms with Gasteiger partial charge in [0.15, 0.2) is 0 Å². The second-order valence-corrected chi connectivity index (χ2v) is 6.80. The van der Waals surface area contributed by atoms with E-state index in [2.05, 4.69) is 11.8 Å². The van der Waals surface area contributed by atoms with E-state index in [4.69, 9.17) is 5.73 Å². The monoisotopic (exact) mass is 236 g/mol. The summed E-state index contributed by atoms with van der Waals surface area (Å²) in [4.78, 5) is 2.80. The maximum absolute atomic E-state index is 5.85. The normalized spacial score (nSPS) is 44.1. The van der Waals surface area contributed by atoms with Gasteiger partial charge in [0.1, 0.15) is 0 Å². The first kappa shape index (κ1) is 12.0. The first-order valence-electron chi connectivity index (χ1n) is 7.73. The van der Waals surface area contributed by atoms with Crippen LogP contribution in [-0.2, 0) is 0 Å². The second kappa shape index (κ2) is 4.89. The summed E-state index contributed by atoms with van der Waals surface area (Å²) >= 11 is 0. The molecule has 4 unspecified atom stereocenters. The van der Waals surface area contributed by atoms with E-state index in [0.717, 1.165) is 36.4 Å². The molecular formula is C15H28N2. The maximum atomic E-state index is 5.85. The van der Waals surface area contributed by atoms with Gasteiger partial charge >= 0.3 is 0 Å². The Morgan fingerprint density at radius 2 is 1.88 bits per heavy atom. The van der Waals surface area contributed by atoms with Crippen molar-refractivity contribution >= 4 is 0 Å². The highest BCUT2D eigenvalue weighted by Gasteiger charge is 2.39. The molecule has 3 fully saturated rings. The van der Waals surface area contributed by atoms with Crippen molar-refractivity contribution in [2.24, 2.45) is 23.5 Å². The minimum absolute atomic E-state index is 0.770. The van der Waals surface area contributed by atoms with Crippen LogP contribution < -0.4 is 5.73 Å². The molecule has 1 saturated heterocycles. The van der Waals surface area contributed by atoms with Crippen LogP contribution in [0.5, 0.6) is 0 Å². The minimum atomic E-state index is 0.770. The van der Waals surface area contributed by atoms with Gasteiger partial charge in [0.2, 0.25) is 0 Å². The van der Waals surface area contributed by atoms with Gasteiger partial charge < -0.3 is 5.73 Å². The molecular weight excluding hydrogens is 208 g/mol. The predicted octanol–water partition coefficient (Wildman–Crippen LogP) is 2.62. The van der Waals surface area contributed by atoms with E-state index in [0.29, 0.717) is 0 Å². The van der Waals surface area contributed by atoms with E-state index >= 15 is 0 Å². The number of hydrogen-bond acceptors (Lipinski definition) is 2. The maximum Gasteiger partial charge on any atom is 0.0101 e. The molecule has 0 bridgehead atoms. The molecule has 1 heterocycles. The molecule has 2 N–H and O–H groups in total. The minimum Gasteiger partial charge on any atom is -0.330 e. The SMILES string of the molecule is CC1CC(CN)CN1C1CCCC(C2CC2)C1. The zero-order valence-electron chi connectivity index (χ0n) is 11.3. The van der Waals surface area contributed by atoms with E-state index in [1.54, 1.807) is 0 Å². The van der Waals surface area contributed by atoms with Crippen LogP contribution in [0.1, 0.15) is 51.9 Å². The summed E-state index contributed by atoms with van der Waals surface area (Å²) in [5.41, 5.74) is 5.85. The Bertz CT molecular complexity index is 262.